The summed E-state index contributed by atoms with van der Waals surface area (Å²) < 4.78 is 12.0. The molecule has 1 aromatic carbocycles. The van der Waals surface area contributed by atoms with Gasteiger partial charge >= 0.3 is 6.09 Å². The Kier molecular flexibility index (Phi) is 5.86. The Labute approximate surface area is 152 Å². The van der Waals surface area contributed by atoms with Gasteiger partial charge in [0.15, 0.2) is 0 Å². The molecule has 2 aromatic rings. The van der Waals surface area contributed by atoms with Gasteiger partial charge in [0.05, 0.1) is 19.0 Å². The second-order valence-corrected chi connectivity index (χ2v) is 6.81. The maximum absolute atomic E-state index is 12.2. The lowest BCUT2D eigenvalue weighted by Crippen LogP contribution is -2.27. The maximum atomic E-state index is 12.2. The smallest absolute Gasteiger partial charge is 0.412 e. The van der Waals surface area contributed by atoms with Crippen molar-refractivity contribution in [3.8, 4) is 5.75 Å². The molecule has 26 heavy (non-hydrogen) atoms. The highest BCUT2D eigenvalue weighted by atomic mass is 16.6. The molecule has 1 aromatic heterocycles. The number of hydrogen-bond acceptors (Lipinski definition) is 5. The molecule has 0 aliphatic rings. The number of carbonyl (C=O) groups is 2. The van der Waals surface area contributed by atoms with Crippen LogP contribution in [0, 0.1) is 6.92 Å². The molecule has 0 saturated heterocycles. The molecule has 0 atom stereocenters. The van der Waals surface area contributed by atoms with Crippen molar-refractivity contribution in [3.05, 3.63) is 36.2 Å². The summed E-state index contributed by atoms with van der Waals surface area (Å²) in [6.07, 6.45) is 2.86. The summed E-state index contributed by atoms with van der Waals surface area (Å²) >= 11 is 0. The number of nitrogens with zero attached hydrogens (tertiary/aromatic N) is 2. The number of ether oxygens (including phenoxy) is 2. The number of amides is 2. The number of nitrogens with one attached hydrogen (secondary N) is 2. The zero-order valence-electron chi connectivity index (χ0n) is 15.6. The molecule has 8 heteroatoms. The fraction of sp³-hybridized carbons (Fsp3) is 0.389. The number of hydrogen-bond donors (Lipinski definition) is 2. The molecule has 0 unspecified atom stereocenters. The molecule has 0 aliphatic carbocycles. The lowest BCUT2D eigenvalue weighted by Gasteiger charge is -2.20. The van der Waals surface area contributed by atoms with Gasteiger partial charge in [-0.05, 0) is 51.5 Å². The van der Waals surface area contributed by atoms with E-state index in [4.69, 9.17) is 9.47 Å². The first-order valence-electron chi connectivity index (χ1n) is 8.13. The van der Waals surface area contributed by atoms with Crippen molar-refractivity contribution < 1.29 is 19.1 Å². The predicted octanol–water partition coefficient (Wildman–Crippen LogP) is 3.19. The van der Waals surface area contributed by atoms with Crippen molar-refractivity contribution in [2.24, 2.45) is 0 Å². The number of rotatable bonds is 5. The van der Waals surface area contributed by atoms with Crippen LogP contribution in [0.3, 0.4) is 0 Å². The number of aryl methyl sites for hydroxylation is 1. The first-order valence-corrected chi connectivity index (χ1v) is 8.13. The van der Waals surface area contributed by atoms with Crippen LogP contribution in [0.4, 0.5) is 16.2 Å². The average Bonchev–Trinajstić information content (AvgIpc) is 2.90. The molecular formula is C18H24N4O4. The zero-order valence-corrected chi connectivity index (χ0v) is 15.6. The molecule has 1 heterocycles. The van der Waals surface area contributed by atoms with Crippen LogP contribution in [-0.4, -0.2) is 34.5 Å². The van der Waals surface area contributed by atoms with E-state index in [2.05, 4.69) is 15.7 Å². The van der Waals surface area contributed by atoms with Crippen LogP contribution in [0.2, 0.25) is 0 Å². The van der Waals surface area contributed by atoms with E-state index in [0.717, 1.165) is 5.56 Å². The summed E-state index contributed by atoms with van der Waals surface area (Å²) in [5, 5.41) is 9.47. The van der Waals surface area contributed by atoms with Crippen LogP contribution in [0.5, 0.6) is 5.75 Å². The monoisotopic (exact) mass is 360 g/mol. The SMILES string of the molecule is COc1ccc(NC(=O)Cn2cc(C)cn2)cc1NC(=O)OC(C)(C)C. The molecule has 0 fully saturated rings. The molecule has 0 radical (unpaired) electrons. The van der Waals surface area contributed by atoms with Crippen LogP contribution in [0.25, 0.3) is 0 Å². The molecular weight excluding hydrogens is 336 g/mol. The quantitative estimate of drug-likeness (QED) is 0.854. The summed E-state index contributed by atoms with van der Waals surface area (Å²) in [4.78, 5) is 24.1. The minimum atomic E-state index is -0.620. The Morgan fingerprint density at radius 2 is 1.96 bits per heavy atom. The van der Waals surface area contributed by atoms with Crippen molar-refractivity contribution >= 4 is 23.4 Å². The van der Waals surface area contributed by atoms with Gasteiger partial charge in [-0.3, -0.25) is 14.8 Å². The molecule has 0 aliphatic heterocycles. The van der Waals surface area contributed by atoms with Crippen LogP contribution in [0.1, 0.15) is 26.3 Å². The van der Waals surface area contributed by atoms with Crippen molar-refractivity contribution in [2.45, 2.75) is 39.8 Å². The molecule has 2 N–H and O–H groups in total. The van der Waals surface area contributed by atoms with E-state index in [1.807, 2.05) is 6.92 Å². The third kappa shape index (κ3) is 5.80. The minimum Gasteiger partial charge on any atom is -0.495 e. The maximum Gasteiger partial charge on any atom is 0.412 e. The Morgan fingerprint density at radius 3 is 2.54 bits per heavy atom. The van der Waals surface area contributed by atoms with Gasteiger partial charge in [-0.15, -0.1) is 0 Å². The van der Waals surface area contributed by atoms with Crippen molar-refractivity contribution in [2.75, 3.05) is 17.7 Å². The van der Waals surface area contributed by atoms with Crippen LogP contribution >= 0.6 is 0 Å². The Hall–Kier alpha value is -3.03. The summed E-state index contributed by atoms with van der Waals surface area (Å²) in [7, 11) is 1.49. The van der Waals surface area contributed by atoms with E-state index in [0.29, 0.717) is 17.1 Å². The summed E-state index contributed by atoms with van der Waals surface area (Å²) in [6, 6.07) is 4.95. The molecule has 2 amide bonds. The number of methoxy groups -OCH3 is 1. The van der Waals surface area contributed by atoms with Gasteiger partial charge < -0.3 is 14.8 Å². The molecule has 2 rings (SSSR count). The fourth-order valence-electron chi connectivity index (χ4n) is 2.20. The molecule has 8 nitrogen and oxygen atoms in total. The molecule has 0 spiro atoms. The first kappa shape index (κ1) is 19.3. The van der Waals surface area contributed by atoms with Gasteiger partial charge in [0.1, 0.15) is 17.9 Å². The average molecular weight is 360 g/mol. The topological polar surface area (TPSA) is 94.5 Å². The summed E-state index contributed by atoms with van der Waals surface area (Å²) in [5.41, 5.74) is 1.27. The Balaban J connectivity index is 2.07. The van der Waals surface area contributed by atoms with Crippen molar-refractivity contribution in [1.29, 1.82) is 0 Å². The highest BCUT2D eigenvalue weighted by molar-refractivity contribution is 5.93. The van der Waals surface area contributed by atoms with E-state index >= 15 is 0 Å². The first-order chi connectivity index (χ1) is 12.2. The number of benzene rings is 1. The van der Waals surface area contributed by atoms with E-state index < -0.39 is 11.7 Å². The van der Waals surface area contributed by atoms with Gasteiger partial charge in [-0.2, -0.15) is 5.10 Å². The number of anilines is 2. The van der Waals surface area contributed by atoms with Crippen molar-refractivity contribution in [3.63, 3.8) is 0 Å². The largest absolute Gasteiger partial charge is 0.495 e. The van der Waals surface area contributed by atoms with Crippen LogP contribution in [-0.2, 0) is 16.1 Å². The predicted molar refractivity (Wildman–Crippen MR) is 98.4 cm³/mol. The summed E-state index contributed by atoms with van der Waals surface area (Å²) in [5.74, 6) is 0.220. The van der Waals surface area contributed by atoms with E-state index in [-0.39, 0.29) is 12.5 Å². The highest BCUT2D eigenvalue weighted by Crippen LogP contribution is 2.28. The van der Waals surface area contributed by atoms with Gasteiger partial charge in [0, 0.05) is 11.9 Å². The van der Waals surface area contributed by atoms with E-state index in [9.17, 15) is 9.59 Å². The normalized spacial score (nSPS) is 11.0. The third-order valence-electron chi connectivity index (χ3n) is 3.19. The van der Waals surface area contributed by atoms with Crippen LogP contribution < -0.4 is 15.4 Å². The van der Waals surface area contributed by atoms with E-state index in [1.54, 1.807) is 56.0 Å². The standard InChI is InChI=1S/C18H24N4O4/c1-12-9-19-22(10-12)11-16(23)20-13-6-7-15(25-5)14(8-13)21-17(24)26-18(2,3)4/h6-10H,11H2,1-5H3,(H,20,23)(H,21,24). The fourth-order valence-corrected chi connectivity index (χ4v) is 2.20. The van der Waals surface area contributed by atoms with Gasteiger partial charge in [-0.25, -0.2) is 4.79 Å². The second-order valence-electron chi connectivity index (χ2n) is 6.81. The Bertz CT molecular complexity index is 793. The van der Waals surface area contributed by atoms with Gasteiger partial charge in [0.2, 0.25) is 5.91 Å². The van der Waals surface area contributed by atoms with Gasteiger partial charge in [0.25, 0.3) is 0 Å². The number of aromatic nitrogens is 2. The van der Waals surface area contributed by atoms with Crippen LogP contribution in [0.15, 0.2) is 30.6 Å². The lowest BCUT2D eigenvalue weighted by atomic mass is 10.2. The molecule has 0 bridgehead atoms. The van der Waals surface area contributed by atoms with Crippen molar-refractivity contribution in [1.82, 2.24) is 9.78 Å². The Morgan fingerprint density at radius 1 is 1.23 bits per heavy atom. The molecule has 0 saturated carbocycles. The minimum absolute atomic E-state index is 0.0920. The second kappa shape index (κ2) is 7.90. The molecule has 140 valence electrons. The van der Waals surface area contributed by atoms with E-state index in [1.165, 1.54) is 7.11 Å². The summed E-state index contributed by atoms with van der Waals surface area (Å²) in [6.45, 7) is 7.32. The third-order valence-corrected chi connectivity index (χ3v) is 3.19. The number of carbonyl (C=O) groups excluding carboxylic acids is 2. The highest BCUT2D eigenvalue weighted by Gasteiger charge is 2.18. The van der Waals surface area contributed by atoms with Gasteiger partial charge in [-0.1, -0.05) is 0 Å². The lowest BCUT2D eigenvalue weighted by molar-refractivity contribution is -0.116. The zero-order chi connectivity index (χ0) is 19.3.